The maximum atomic E-state index is 13.1. The summed E-state index contributed by atoms with van der Waals surface area (Å²) in [5, 5.41) is 11.7. The molecule has 0 bridgehead atoms. The summed E-state index contributed by atoms with van der Waals surface area (Å²) in [6.45, 7) is 4.31. The van der Waals surface area contributed by atoms with Gasteiger partial charge in [0.2, 0.25) is 0 Å². The molecule has 19 heavy (non-hydrogen) atoms. The molecule has 0 aromatic heterocycles. The van der Waals surface area contributed by atoms with E-state index in [-0.39, 0.29) is 30.2 Å². The standard InChI is InChI=1S/C13H18ClFN2O2/c1-3-17(6-7-18)13(19)16-9(2)10-4-5-12(15)11(14)8-10/h4-5,8-9,18H,3,6-7H2,1-2H3,(H,16,19). The van der Waals surface area contributed by atoms with Crippen molar-refractivity contribution < 1.29 is 14.3 Å². The highest BCUT2D eigenvalue weighted by Crippen LogP contribution is 2.20. The molecule has 1 rings (SSSR count). The van der Waals surface area contributed by atoms with Gasteiger partial charge in [-0.1, -0.05) is 17.7 Å². The quantitative estimate of drug-likeness (QED) is 0.875. The molecule has 0 radical (unpaired) electrons. The van der Waals surface area contributed by atoms with Crippen molar-refractivity contribution in [2.75, 3.05) is 19.7 Å². The van der Waals surface area contributed by atoms with Crippen molar-refractivity contribution in [1.82, 2.24) is 10.2 Å². The van der Waals surface area contributed by atoms with Gasteiger partial charge in [0.05, 0.1) is 17.7 Å². The monoisotopic (exact) mass is 288 g/mol. The van der Waals surface area contributed by atoms with Crippen LogP contribution in [0.3, 0.4) is 0 Å². The van der Waals surface area contributed by atoms with Crippen molar-refractivity contribution in [3.63, 3.8) is 0 Å². The molecule has 0 aliphatic carbocycles. The second kappa shape index (κ2) is 7.31. The molecule has 106 valence electrons. The van der Waals surface area contributed by atoms with Crippen LogP contribution < -0.4 is 5.32 Å². The number of aliphatic hydroxyl groups is 1. The number of rotatable bonds is 5. The van der Waals surface area contributed by atoms with E-state index in [0.717, 1.165) is 5.56 Å². The first-order valence-corrected chi connectivity index (χ1v) is 6.48. The Balaban J connectivity index is 2.70. The first-order chi connectivity index (χ1) is 8.99. The Kier molecular flexibility index (Phi) is 6.05. The predicted molar refractivity (Wildman–Crippen MR) is 72.7 cm³/mol. The first kappa shape index (κ1) is 15.7. The molecular weight excluding hydrogens is 271 g/mol. The van der Waals surface area contributed by atoms with Crippen molar-refractivity contribution in [1.29, 1.82) is 0 Å². The number of amides is 2. The second-order valence-corrected chi connectivity index (χ2v) is 4.56. The summed E-state index contributed by atoms with van der Waals surface area (Å²) in [6, 6.07) is 3.77. The predicted octanol–water partition coefficient (Wildman–Crippen LogP) is 2.56. The highest BCUT2D eigenvalue weighted by atomic mass is 35.5. The fraction of sp³-hybridized carbons (Fsp3) is 0.462. The fourth-order valence-electron chi connectivity index (χ4n) is 1.67. The number of benzene rings is 1. The summed E-state index contributed by atoms with van der Waals surface area (Å²) < 4.78 is 13.1. The Morgan fingerprint density at radius 2 is 2.26 bits per heavy atom. The van der Waals surface area contributed by atoms with Gasteiger partial charge in [-0.05, 0) is 31.5 Å². The number of nitrogens with zero attached hydrogens (tertiary/aromatic N) is 1. The van der Waals surface area contributed by atoms with Crippen molar-refractivity contribution in [3.8, 4) is 0 Å². The average molecular weight is 289 g/mol. The summed E-state index contributed by atoms with van der Waals surface area (Å²) in [7, 11) is 0. The molecule has 2 amide bonds. The molecule has 0 aliphatic heterocycles. The van der Waals surface area contributed by atoms with Gasteiger partial charge in [-0.2, -0.15) is 0 Å². The van der Waals surface area contributed by atoms with Crippen LogP contribution in [-0.2, 0) is 0 Å². The lowest BCUT2D eigenvalue weighted by atomic mass is 10.1. The van der Waals surface area contributed by atoms with Gasteiger partial charge >= 0.3 is 6.03 Å². The highest BCUT2D eigenvalue weighted by Gasteiger charge is 2.15. The van der Waals surface area contributed by atoms with Gasteiger partial charge in [-0.25, -0.2) is 9.18 Å². The van der Waals surface area contributed by atoms with Crippen LogP contribution in [0.1, 0.15) is 25.5 Å². The smallest absolute Gasteiger partial charge is 0.317 e. The van der Waals surface area contributed by atoms with E-state index in [0.29, 0.717) is 6.54 Å². The van der Waals surface area contributed by atoms with Gasteiger partial charge in [0.1, 0.15) is 5.82 Å². The lowest BCUT2D eigenvalue weighted by Gasteiger charge is -2.23. The van der Waals surface area contributed by atoms with Gasteiger partial charge in [-0.15, -0.1) is 0 Å². The third kappa shape index (κ3) is 4.36. The van der Waals surface area contributed by atoms with Gasteiger partial charge in [-0.3, -0.25) is 0 Å². The maximum Gasteiger partial charge on any atom is 0.317 e. The van der Waals surface area contributed by atoms with Crippen LogP contribution in [0.4, 0.5) is 9.18 Å². The lowest BCUT2D eigenvalue weighted by Crippen LogP contribution is -2.42. The average Bonchev–Trinajstić information content (AvgIpc) is 2.38. The summed E-state index contributed by atoms with van der Waals surface area (Å²) >= 11 is 5.70. The highest BCUT2D eigenvalue weighted by molar-refractivity contribution is 6.30. The van der Waals surface area contributed by atoms with E-state index in [1.165, 1.54) is 17.0 Å². The van der Waals surface area contributed by atoms with Crippen LogP contribution in [0.25, 0.3) is 0 Å². The third-order valence-corrected chi connectivity index (χ3v) is 3.11. The molecule has 0 saturated carbocycles. The number of hydrogen-bond acceptors (Lipinski definition) is 2. The topological polar surface area (TPSA) is 52.6 Å². The number of carbonyl (C=O) groups is 1. The number of aliphatic hydroxyl groups excluding tert-OH is 1. The molecule has 0 spiro atoms. The zero-order valence-corrected chi connectivity index (χ0v) is 11.7. The maximum absolute atomic E-state index is 13.1. The Labute approximate surface area is 117 Å². The van der Waals surface area contributed by atoms with E-state index >= 15 is 0 Å². The minimum Gasteiger partial charge on any atom is -0.395 e. The molecule has 0 saturated heterocycles. The van der Waals surface area contributed by atoms with Crippen LogP contribution >= 0.6 is 11.6 Å². The van der Waals surface area contributed by atoms with Crippen LogP contribution in [0.2, 0.25) is 5.02 Å². The Bertz CT molecular complexity index is 443. The van der Waals surface area contributed by atoms with Gasteiger partial charge in [0.25, 0.3) is 0 Å². The van der Waals surface area contributed by atoms with E-state index in [1.807, 2.05) is 6.92 Å². The number of nitrogens with one attached hydrogen (secondary N) is 1. The van der Waals surface area contributed by atoms with Crippen LogP contribution in [0.5, 0.6) is 0 Å². The van der Waals surface area contributed by atoms with Crippen molar-refractivity contribution in [3.05, 3.63) is 34.6 Å². The SMILES string of the molecule is CCN(CCO)C(=O)NC(C)c1ccc(F)c(Cl)c1. The Morgan fingerprint density at radius 1 is 1.58 bits per heavy atom. The third-order valence-electron chi connectivity index (χ3n) is 2.82. The van der Waals surface area contributed by atoms with Crippen molar-refractivity contribution >= 4 is 17.6 Å². The molecule has 0 heterocycles. The van der Waals surface area contributed by atoms with Gasteiger partial charge in [0.15, 0.2) is 0 Å². The zero-order valence-electron chi connectivity index (χ0n) is 11.0. The largest absolute Gasteiger partial charge is 0.395 e. The summed E-state index contributed by atoms with van der Waals surface area (Å²) in [6.07, 6.45) is 0. The molecular formula is C13H18ClFN2O2. The summed E-state index contributed by atoms with van der Waals surface area (Å²) in [5.74, 6) is -0.487. The van der Waals surface area contributed by atoms with Crippen molar-refractivity contribution in [2.24, 2.45) is 0 Å². The van der Waals surface area contributed by atoms with E-state index in [1.54, 1.807) is 13.0 Å². The molecule has 6 heteroatoms. The van der Waals surface area contributed by atoms with E-state index in [9.17, 15) is 9.18 Å². The molecule has 1 aromatic carbocycles. The molecule has 4 nitrogen and oxygen atoms in total. The fourth-order valence-corrected chi connectivity index (χ4v) is 1.85. The van der Waals surface area contributed by atoms with Crippen molar-refractivity contribution in [2.45, 2.75) is 19.9 Å². The number of hydrogen-bond donors (Lipinski definition) is 2. The Morgan fingerprint density at radius 3 is 2.79 bits per heavy atom. The number of likely N-dealkylation sites (N-methyl/N-ethyl adjacent to an activating group) is 1. The van der Waals surface area contributed by atoms with Crippen LogP contribution in [0, 0.1) is 5.82 Å². The van der Waals surface area contributed by atoms with Gasteiger partial charge < -0.3 is 15.3 Å². The van der Waals surface area contributed by atoms with Crippen LogP contribution in [0.15, 0.2) is 18.2 Å². The molecule has 0 aliphatic rings. The summed E-state index contributed by atoms with van der Waals surface area (Å²) in [4.78, 5) is 13.4. The van der Waals surface area contributed by atoms with E-state index in [2.05, 4.69) is 5.32 Å². The Hall–Kier alpha value is -1.33. The number of urea groups is 1. The molecule has 1 unspecified atom stereocenters. The molecule has 2 N–H and O–H groups in total. The minimum atomic E-state index is -0.487. The first-order valence-electron chi connectivity index (χ1n) is 6.10. The van der Waals surface area contributed by atoms with Crippen LogP contribution in [-0.4, -0.2) is 35.7 Å². The molecule has 1 atom stereocenters. The lowest BCUT2D eigenvalue weighted by molar-refractivity contribution is 0.178. The molecule has 0 fully saturated rings. The number of carbonyl (C=O) groups excluding carboxylic acids is 1. The van der Waals surface area contributed by atoms with Gasteiger partial charge in [0, 0.05) is 13.1 Å². The zero-order chi connectivity index (χ0) is 14.4. The summed E-state index contributed by atoms with van der Waals surface area (Å²) in [5.41, 5.74) is 0.722. The minimum absolute atomic E-state index is 0.0290. The van der Waals surface area contributed by atoms with E-state index in [4.69, 9.17) is 16.7 Å². The second-order valence-electron chi connectivity index (χ2n) is 4.15. The normalized spacial score (nSPS) is 12.1. The van der Waals surface area contributed by atoms with E-state index < -0.39 is 5.82 Å². The number of halogens is 2. The molecule has 1 aromatic rings.